The van der Waals surface area contributed by atoms with Gasteiger partial charge in [-0.3, -0.25) is 4.79 Å². The molecule has 2 unspecified atom stereocenters. The summed E-state index contributed by atoms with van der Waals surface area (Å²) in [5.41, 5.74) is 0.339. The first-order valence-electron chi connectivity index (χ1n) is 6.80. The van der Waals surface area contributed by atoms with E-state index in [1.165, 1.54) is 33.5 Å². The number of hydrogen-bond acceptors (Lipinski definition) is 7. The molecule has 0 heterocycles. The second kappa shape index (κ2) is 8.45. The van der Waals surface area contributed by atoms with Gasteiger partial charge in [0.2, 0.25) is 5.75 Å². The molecule has 0 bridgehead atoms. The van der Waals surface area contributed by atoms with Crippen LogP contribution < -0.4 is 14.2 Å². The predicted octanol–water partition coefficient (Wildman–Crippen LogP) is 1.06. The van der Waals surface area contributed by atoms with Crippen LogP contribution in [0.3, 0.4) is 0 Å². The molecule has 1 rings (SSSR count). The Kier molecular flexibility index (Phi) is 6.94. The van der Waals surface area contributed by atoms with Crippen molar-refractivity contribution in [1.29, 1.82) is 0 Å². The number of esters is 1. The van der Waals surface area contributed by atoms with Crippen molar-refractivity contribution in [3.8, 4) is 17.2 Å². The van der Waals surface area contributed by atoms with Gasteiger partial charge in [0.1, 0.15) is 6.10 Å². The second-order valence-corrected chi connectivity index (χ2v) is 4.48. The summed E-state index contributed by atoms with van der Waals surface area (Å²) >= 11 is 0. The van der Waals surface area contributed by atoms with Crippen LogP contribution in [0.25, 0.3) is 0 Å². The van der Waals surface area contributed by atoms with Crippen molar-refractivity contribution in [3.63, 3.8) is 0 Å². The molecule has 0 radical (unpaired) electrons. The van der Waals surface area contributed by atoms with E-state index in [1.807, 2.05) is 0 Å². The van der Waals surface area contributed by atoms with Crippen molar-refractivity contribution >= 4 is 5.97 Å². The summed E-state index contributed by atoms with van der Waals surface area (Å²) in [4.78, 5) is 11.4. The molecule has 7 heteroatoms. The van der Waals surface area contributed by atoms with E-state index in [-0.39, 0.29) is 13.0 Å². The number of methoxy groups -OCH3 is 3. The van der Waals surface area contributed by atoms with Gasteiger partial charge in [0.15, 0.2) is 11.5 Å². The second-order valence-electron chi connectivity index (χ2n) is 4.48. The lowest BCUT2D eigenvalue weighted by atomic mass is 10.0. The SMILES string of the molecule is CCOC(=O)CC(O)C(O)c1cc(OC)c(OC)c(OC)c1. The molecule has 0 fully saturated rings. The molecule has 1 aromatic rings. The Morgan fingerprint density at radius 2 is 1.64 bits per heavy atom. The zero-order chi connectivity index (χ0) is 16.7. The van der Waals surface area contributed by atoms with Crippen molar-refractivity contribution in [3.05, 3.63) is 17.7 Å². The van der Waals surface area contributed by atoms with Gasteiger partial charge < -0.3 is 29.2 Å². The summed E-state index contributed by atoms with van der Waals surface area (Å²) in [6, 6.07) is 3.03. The molecule has 124 valence electrons. The molecule has 0 aliphatic carbocycles. The van der Waals surface area contributed by atoms with Crippen LogP contribution in [-0.2, 0) is 9.53 Å². The predicted molar refractivity (Wildman–Crippen MR) is 78.3 cm³/mol. The average molecular weight is 314 g/mol. The van der Waals surface area contributed by atoms with Crippen LogP contribution in [0.15, 0.2) is 12.1 Å². The highest BCUT2D eigenvalue weighted by Gasteiger charge is 2.25. The summed E-state index contributed by atoms with van der Waals surface area (Å²) in [5.74, 6) is 0.487. The maximum absolute atomic E-state index is 11.4. The highest BCUT2D eigenvalue weighted by Crippen LogP contribution is 2.40. The van der Waals surface area contributed by atoms with Crippen LogP contribution in [0.4, 0.5) is 0 Å². The summed E-state index contributed by atoms with van der Waals surface area (Å²) in [5, 5.41) is 20.2. The Hall–Kier alpha value is -1.99. The van der Waals surface area contributed by atoms with E-state index in [0.29, 0.717) is 22.8 Å². The molecule has 0 aromatic heterocycles. The van der Waals surface area contributed by atoms with E-state index >= 15 is 0 Å². The molecule has 0 saturated heterocycles. The lowest BCUT2D eigenvalue weighted by molar-refractivity contribution is -0.147. The molecule has 22 heavy (non-hydrogen) atoms. The largest absolute Gasteiger partial charge is 0.493 e. The first kappa shape index (κ1) is 18.1. The number of carbonyl (C=O) groups is 1. The molecule has 0 aliphatic rings. The van der Waals surface area contributed by atoms with Gasteiger partial charge in [-0.15, -0.1) is 0 Å². The molecule has 0 aliphatic heterocycles. The normalized spacial score (nSPS) is 13.2. The monoisotopic (exact) mass is 314 g/mol. The Morgan fingerprint density at radius 1 is 1.09 bits per heavy atom. The number of aliphatic hydroxyl groups excluding tert-OH is 2. The first-order valence-corrected chi connectivity index (χ1v) is 6.80. The van der Waals surface area contributed by atoms with E-state index in [1.54, 1.807) is 6.92 Å². The van der Waals surface area contributed by atoms with Crippen molar-refractivity contribution in [2.24, 2.45) is 0 Å². The van der Waals surface area contributed by atoms with Gasteiger partial charge >= 0.3 is 5.97 Å². The van der Waals surface area contributed by atoms with Gasteiger partial charge in [-0.2, -0.15) is 0 Å². The zero-order valence-corrected chi connectivity index (χ0v) is 13.2. The highest BCUT2D eigenvalue weighted by molar-refractivity contribution is 5.70. The van der Waals surface area contributed by atoms with Crippen LogP contribution >= 0.6 is 0 Å². The van der Waals surface area contributed by atoms with E-state index in [4.69, 9.17) is 18.9 Å². The van der Waals surface area contributed by atoms with Crippen LogP contribution in [0.5, 0.6) is 17.2 Å². The van der Waals surface area contributed by atoms with Gasteiger partial charge in [0.05, 0.1) is 40.5 Å². The lowest BCUT2D eigenvalue weighted by Gasteiger charge is -2.20. The Bertz CT molecular complexity index is 476. The minimum atomic E-state index is -1.30. The topological polar surface area (TPSA) is 94.5 Å². The number of rotatable bonds is 8. The number of ether oxygens (including phenoxy) is 4. The van der Waals surface area contributed by atoms with Gasteiger partial charge in [0, 0.05) is 0 Å². The summed E-state index contributed by atoms with van der Waals surface area (Å²) in [7, 11) is 4.36. The first-order chi connectivity index (χ1) is 10.5. The maximum atomic E-state index is 11.4. The highest BCUT2D eigenvalue weighted by atomic mass is 16.5. The number of hydrogen-bond donors (Lipinski definition) is 2. The summed E-state index contributed by atoms with van der Waals surface area (Å²) in [6.45, 7) is 1.88. The van der Waals surface area contributed by atoms with Crippen LogP contribution in [0, 0.1) is 0 Å². The van der Waals surface area contributed by atoms with Crippen molar-refractivity contribution in [2.45, 2.75) is 25.6 Å². The maximum Gasteiger partial charge on any atom is 0.308 e. The molecule has 2 N–H and O–H groups in total. The fourth-order valence-electron chi connectivity index (χ4n) is 2.00. The molecule has 7 nitrogen and oxygen atoms in total. The Labute approximate surface area is 129 Å². The average Bonchev–Trinajstić information content (AvgIpc) is 2.52. The lowest BCUT2D eigenvalue weighted by Crippen LogP contribution is -2.23. The van der Waals surface area contributed by atoms with E-state index in [2.05, 4.69) is 0 Å². The van der Waals surface area contributed by atoms with Crippen molar-refractivity contribution < 1.29 is 34.0 Å². The minimum absolute atomic E-state index is 0.214. The molecule has 1 aromatic carbocycles. The quantitative estimate of drug-likeness (QED) is 0.693. The van der Waals surface area contributed by atoms with Crippen LogP contribution in [-0.4, -0.2) is 50.2 Å². The summed E-state index contributed by atoms with van der Waals surface area (Å²) < 4.78 is 20.3. The standard InChI is InChI=1S/C15H22O7/c1-5-22-13(17)8-10(16)14(18)9-6-11(19-2)15(21-4)12(7-9)20-3/h6-7,10,14,16,18H,5,8H2,1-4H3. The molecule has 0 amide bonds. The molecule has 2 atom stereocenters. The molecule has 0 saturated carbocycles. The number of aliphatic hydroxyl groups is 2. The van der Waals surface area contributed by atoms with Crippen LogP contribution in [0.1, 0.15) is 25.0 Å². The third-order valence-corrected chi connectivity index (χ3v) is 3.07. The van der Waals surface area contributed by atoms with E-state index in [0.717, 1.165) is 0 Å². The molecular formula is C15H22O7. The molecule has 0 spiro atoms. The third-order valence-electron chi connectivity index (χ3n) is 3.07. The fraction of sp³-hybridized carbons (Fsp3) is 0.533. The third kappa shape index (κ3) is 4.25. The minimum Gasteiger partial charge on any atom is -0.493 e. The fourth-order valence-corrected chi connectivity index (χ4v) is 2.00. The van der Waals surface area contributed by atoms with Gasteiger partial charge in [-0.05, 0) is 24.6 Å². The summed E-state index contributed by atoms with van der Waals surface area (Å²) in [6.07, 6.45) is -2.91. The van der Waals surface area contributed by atoms with Crippen molar-refractivity contribution in [1.82, 2.24) is 0 Å². The van der Waals surface area contributed by atoms with E-state index < -0.39 is 18.2 Å². The zero-order valence-electron chi connectivity index (χ0n) is 13.2. The number of benzene rings is 1. The van der Waals surface area contributed by atoms with Gasteiger partial charge in [-0.1, -0.05) is 0 Å². The molecular weight excluding hydrogens is 292 g/mol. The van der Waals surface area contributed by atoms with Crippen molar-refractivity contribution in [2.75, 3.05) is 27.9 Å². The number of carbonyl (C=O) groups excluding carboxylic acids is 1. The smallest absolute Gasteiger partial charge is 0.308 e. The Morgan fingerprint density at radius 3 is 2.05 bits per heavy atom. The van der Waals surface area contributed by atoms with E-state index in [9.17, 15) is 15.0 Å². The van der Waals surface area contributed by atoms with Gasteiger partial charge in [-0.25, -0.2) is 0 Å². The van der Waals surface area contributed by atoms with Crippen LogP contribution in [0.2, 0.25) is 0 Å². The Balaban J connectivity index is 3.02. The van der Waals surface area contributed by atoms with Gasteiger partial charge in [0.25, 0.3) is 0 Å².